The molecule has 2 N–H and O–H groups in total. The number of aromatic amines is 1. The molecule has 2 heterocycles. The largest absolute Gasteiger partial charge is 0.379 e. The maximum Gasteiger partial charge on any atom is 0.247 e. The number of carbonyl (C=O) groups excluding carboxylic acids is 2. The number of rotatable bonds is 9. The third-order valence-corrected chi connectivity index (χ3v) is 7.72. The van der Waals surface area contributed by atoms with E-state index in [2.05, 4.69) is 15.2 Å². The van der Waals surface area contributed by atoms with Gasteiger partial charge in [-0.15, -0.1) is 0 Å². The van der Waals surface area contributed by atoms with Crippen molar-refractivity contribution in [3.63, 3.8) is 0 Å². The molecule has 196 valence electrons. The number of carbonyl (C=O) groups is 2. The Hall–Kier alpha value is -3.16. The lowest BCUT2D eigenvalue weighted by Gasteiger charge is -2.35. The molecule has 7 heteroatoms. The summed E-state index contributed by atoms with van der Waals surface area (Å²) >= 11 is 0. The summed E-state index contributed by atoms with van der Waals surface area (Å²) in [5, 5.41) is 4.35. The highest BCUT2D eigenvalue weighted by molar-refractivity contribution is 5.92. The number of nitrogens with zero attached hydrogens (tertiary/aromatic N) is 2. The number of hydrogen-bond donors (Lipinski definition) is 2. The molecule has 1 saturated heterocycles. The summed E-state index contributed by atoms with van der Waals surface area (Å²) in [5.74, 6) is -0.113. The third-order valence-electron chi connectivity index (χ3n) is 7.72. The van der Waals surface area contributed by atoms with Crippen molar-refractivity contribution in [3.8, 4) is 0 Å². The van der Waals surface area contributed by atoms with Crippen LogP contribution in [0.1, 0.15) is 49.3 Å². The second kappa shape index (κ2) is 12.4. The fraction of sp³-hybridized carbons (Fsp3) is 0.467. The van der Waals surface area contributed by atoms with Gasteiger partial charge in [0.05, 0.1) is 19.6 Å². The lowest BCUT2D eigenvalue weighted by Crippen LogP contribution is -2.50. The predicted molar refractivity (Wildman–Crippen MR) is 145 cm³/mol. The van der Waals surface area contributed by atoms with Gasteiger partial charge in [-0.05, 0) is 30.0 Å². The van der Waals surface area contributed by atoms with E-state index in [1.165, 1.54) is 6.42 Å². The van der Waals surface area contributed by atoms with Crippen molar-refractivity contribution in [1.29, 1.82) is 0 Å². The van der Waals surface area contributed by atoms with Gasteiger partial charge in [0.25, 0.3) is 0 Å². The highest BCUT2D eigenvalue weighted by Crippen LogP contribution is 2.26. The first-order valence-corrected chi connectivity index (χ1v) is 13.7. The van der Waals surface area contributed by atoms with E-state index in [9.17, 15) is 9.59 Å². The first-order valence-electron chi connectivity index (χ1n) is 13.7. The van der Waals surface area contributed by atoms with Crippen molar-refractivity contribution in [2.24, 2.45) is 0 Å². The third kappa shape index (κ3) is 6.40. The van der Waals surface area contributed by atoms with Crippen molar-refractivity contribution >= 4 is 22.7 Å². The first-order chi connectivity index (χ1) is 18.2. The number of aromatic nitrogens is 1. The molecule has 2 aromatic carbocycles. The van der Waals surface area contributed by atoms with Gasteiger partial charge in [-0.1, -0.05) is 67.8 Å². The fourth-order valence-electron chi connectivity index (χ4n) is 5.65. The van der Waals surface area contributed by atoms with Crippen LogP contribution in [0, 0.1) is 0 Å². The number of benzene rings is 2. The molecule has 2 aliphatic rings. The van der Waals surface area contributed by atoms with Gasteiger partial charge >= 0.3 is 0 Å². The Labute approximate surface area is 219 Å². The summed E-state index contributed by atoms with van der Waals surface area (Å²) in [6.07, 6.45) is 7.68. The first kappa shape index (κ1) is 25.5. The zero-order chi connectivity index (χ0) is 25.5. The zero-order valence-electron chi connectivity index (χ0n) is 21.5. The number of fused-ring (bicyclic) bond motifs is 1. The molecule has 3 aromatic rings. The van der Waals surface area contributed by atoms with E-state index < -0.39 is 6.04 Å². The monoisotopic (exact) mass is 502 g/mol. The number of ether oxygens (including phenoxy) is 1. The van der Waals surface area contributed by atoms with Gasteiger partial charge < -0.3 is 19.9 Å². The molecule has 37 heavy (non-hydrogen) atoms. The average molecular weight is 503 g/mol. The maximum absolute atomic E-state index is 14.0. The highest BCUT2D eigenvalue weighted by atomic mass is 16.5. The summed E-state index contributed by atoms with van der Waals surface area (Å²) in [4.78, 5) is 35.3. The number of amides is 2. The topological polar surface area (TPSA) is 77.7 Å². The second-order valence-corrected chi connectivity index (χ2v) is 10.2. The predicted octanol–water partition coefficient (Wildman–Crippen LogP) is 4.06. The van der Waals surface area contributed by atoms with Crippen LogP contribution in [0.25, 0.3) is 10.9 Å². The van der Waals surface area contributed by atoms with Crippen LogP contribution < -0.4 is 5.32 Å². The number of hydrogen-bond acceptors (Lipinski definition) is 4. The van der Waals surface area contributed by atoms with Crippen LogP contribution in [0.2, 0.25) is 0 Å². The molecular weight excluding hydrogens is 464 g/mol. The van der Waals surface area contributed by atoms with Gasteiger partial charge in [-0.2, -0.15) is 0 Å². The van der Waals surface area contributed by atoms with Crippen LogP contribution >= 0.6 is 0 Å². The van der Waals surface area contributed by atoms with E-state index in [0.717, 1.165) is 60.8 Å². The molecule has 1 aliphatic carbocycles. The number of nitrogens with one attached hydrogen (secondary N) is 2. The van der Waals surface area contributed by atoms with E-state index in [1.54, 1.807) is 0 Å². The number of H-pyrrole nitrogens is 1. The molecule has 1 atom stereocenters. The standard InChI is InChI=1S/C30H38N4O3/c35-28(21-24-22-31-27-14-8-7-13-26(24)27)34(16-15-33-17-19-37-20-18-33)29(23-9-3-1-4-10-23)30(36)32-25-11-5-2-6-12-25/h1,3-4,7-10,13-14,22,25,29,31H,2,5-6,11-12,15-21H2,(H,32,36). The van der Waals surface area contributed by atoms with Gasteiger partial charge in [0.1, 0.15) is 6.04 Å². The Morgan fingerprint density at radius 1 is 1.00 bits per heavy atom. The van der Waals surface area contributed by atoms with E-state index in [0.29, 0.717) is 26.3 Å². The van der Waals surface area contributed by atoms with Crippen LogP contribution in [0.5, 0.6) is 0 Å². The minimum atomic E-state index is -0.665. The Balaban J connectivity index is 1.42. The van der Waals surface area contributed by atoms with Gasteiger partial charge in [0, 0.05) is 49.3 Å². The molecule has 1 aliphatic heterocycles. The van der Waals surface area contributed by atoms with Gasteiger partial charge in [-0.3, -0.25) is 14.5 Å². The van der Waals surface area contributed by atoms with Crippen molar-refractivity contribution in [1.82, 2.24) is 20.1 Å². The molecular formula is C30H38N4O3. The van der Waals surface area contributed by atoms with Crippen LogP contribution in [0.4, 0.5) is 0 Å². The van der Waals surface area contributed by atoms with Gasteiger partial charge in [-0.25, -0.2) is 0 Å². The van der Waals surface area contributed by atoms with Crippen LogP contribution in [-0.4, -0.2) is 72.0 Å². The summed E-state index contributed by atoms with van der Waals surface area (Å²) < 4.78 is 5.51. The Kier molecular flexibility index (Phi) is 8.53. The van der Waals surface area contributed by atoms with Crippen molar-refractivity contribution in [3.05, 3.63) is 71.9 Å². The van der Waals surface area contributed by atoms with Crippen LogP contribution in [0.15, 0.2) is 60.8 Å². The minimum absolute atomic E-state index is 0.0364. The molecule has 1 unspecified atom stereocenters. The molecule has 2 amide bonds. The normalized spacial score (nSPS) is 17.9. The summed E-state index contributed by atoms with van der Waals surface area (Å²) in [5.41, 5.74) is 2.82. The van der Waals surface area contributed by atoms with E-state index in [1.807, 2.05) is 65.7 Å². The molecule has 1 aromatic heterocycles. The van der Waals surface area contributed by atoms with E-state index >= 15 is 0 Å². The Morgan fingerprint density at radius 2 is 1.73 bits per heavy atom. The average Bonchev–Trinajstić information content (AvgIpc) is 3.35. The van der Waals surface area contributed by atoms with Crippen molar-refractivity contribution in [2.45, 2.75) is 50.6 Å². The maximum atomic E-state index is 14.0. The summed E-state index contributed by atoms with van der Waals surface area (Å²) in [6.45, 7) is 4.28. The smallest absolute Gasteiger partial charge is 0.247 e. The van der Waals surface area contributed by atoms with Crippen molar-refractivity contribution < 1.29 is 14.3 Å². The quantitative estimate of drug-likeness (QED) is 0.463. The van der Waals surface area contributed by atoms with Crippen molar-refractivity contribution in [2.75, 3.05) is 39.4 Å². The van der Waals surface area contributed by atoms with E-state index in [4.69, 9.17) is 4.74 Å². The number of morpholine rings is 1. The molecule has 0 spiro atoms. The van der Waals surface area contributed by atoms with E-state index in [-0.39, 0.29) is 24.3 Å². The molecule has 1 saturated carbocycles. The molecule has 2 fully saturated rings. The molecule has 0 bridgehead atoms. The molecule has 5 rings (SSSR count). The molecule has 7 nitrogen and oxygen atoms in total. The van der Waals surface area contributed by atoms with Gasteiger partial charge in [0.15, 0.2) is 0 Å². The summed E-state index contributed by atoms with van der Waals surface area (Å²) in [6, 6.07) is 17.3. The fourth-order valence-corrected chi connectivity index (χ4v) is 5.65. The van der Waals surface area contributed by atoms with Crippen LogP contribution in [-0.2, 0) is 20.7 Å². The Morgan fingerprint density at radius 3 is 2.51 bits per heavy atom. The Bertz CT molecular complexity index is 1170. The highest BCUT2D eigenvalue weighted by Gasteiger charge is 2.33. The van der Waals surface area contributed by atoms with Gasteiger partial charge in [0.2, 0.25) is 11.8 Å². The number of para-hydroxylation sites is 1. The summed E-state index contributed by atoms with van der Waals surface area (Å²) in [7, 11) is 0. The second-order valence-electron chi connectivity index (χ2n) is 10.2. The van der Waals surface area contributed by atoms with Crippen LogP contribution in [0.3, 0.4) is 0 Å². The SMILES string of the molecule is O=C(NC1CCCCC1)C(c1ccccc1)N(CCN1CCOCC1)C(=O)Cc1c[nH]c2ccccc12. The lowest BCUT2D eigenvalue weighted by molar-refractivity contribution is -0.141. The lowest BCUT2D eigenvalue weighted by atomic mass is 9.94. The minimum Gasteiger partial charge on any atom is -0.379 e. The zero-order valence-corrected chi connectivity index (χ0v) is 21.5. The molecule has 0 radical (unpaired) electrons.